The predicted octanol–water partition coefficient (Wildman–Crippen LogP) is 4.50. The van der Waals surface area contributed by atoms with E-state index in [1.165, 1.54) is 20.3 Å². The first-order valence-corrected chi connectivity index (χ1v) is 13.3. The van der Waals surface area contributed by atoms with Crippen LogP contribution in [-0.2, 0) is 15.4 Å². The highest BCUT2D eigenvalue weighted by atomic mass is 32.2. The number of benzene rings is 2. The molecule has 4 aromatic rings. The number of H-pyrrole nitrogens is 1. The molecule has 2 N–H and O–H groups in total. The summed E-state index contributed by atoms with van der Waals surface area (Å²) in [4.78, 5) is 28.5. The third-order valence-corrected chi connectivity index (χ3v) is 6.45. The smallest absolute Gasteiger partial charge is 0.344 e. The lowest BCUT2D eigenvalue weighted by Crippen LogP contribution is -2.15. The standard InChI is InChI=1S/C27H28N2O7S/c1-27(2,3)21-12-16(18-9-10-23(34-4)28-25(18)30)11-20(24(21)35-5)22-13-15-7-8-17(29-37(6,32)33)14-19(15)26(31)36-22/h7-14,29H,1-6H3,(H,28,30). The van der Waals surface area contributed by atoms with Crippen LogP contribution in [0.2, 0.25) is 0 Å². The van der Waals surface area contributed by atoms with Crippen LogP contribution >= 0.6 is 0 Å². The van der Waals surface area contributed by atoms with Crippen molar-refractivity contribution in [1.82, 2.24) is 4.98 Å². The van der Waals surface area contributed by atoms with Crippen molar-refractivity contribution in [3.05, 3.63) is 74.9 Å². The number of ether oxygens (including phenoxy) is 2. The summed E-state index contributed by atoms with van der Waals surface area (Å²) in [7, 11) is -0.506. The number of hydrogen-bond acceptors (Lipinski definition) is 7. The Labute approximate surface area is 214 Å². The highest BCUT2D eigenvalue weighted by Gasteiger charge is 2.25. The minimum Gasteiger partial charge on any atom is -0.496 e. The normalized spacial score (nSPS) is 11.9. The number of aromatic amines is 1. The van der Waals surface area contributed by atoms with Gasteiger partial charge in [0.15, 0.2) is 5.88 Å². The Bertz CT molecular complexity index is 1730. The average molecular weight is 525 g/mol. The van der Waals surface area contributed by atoms with Crippen molar-refractivity contribution in [3.8, 4) is 34.1 Å². The van der Waals surface area contributed by atoms with Crippen LogP contribution in [0.5, 0.6) is 11.6 Å². The van der Waals surface area contributed by atoms with Crippen molar-refractivity contribution in [2.75, 3.05) is 25.2 Å². The topological polar surface area (TPSA) is 128 Å². The van der Waals surface area contributed by atoms with Gasteiger partial charge in [0.2, 0.25) is 10.0 Å². The van der Waals surface area contributed by atoms with Gasteiger partial charge in [0.1, 0.15) is 11.5 Å². The summed E-state index contributed by atoms with van der Waals surface area (Å²) in [5.41, 5.74) is 1.24. The van der Waals surface area contributed by atoms with Crippen LogP contribution in [-0.4, -0.2) is 33.9 Å². The number of aromatic nitrogens is 1. The molecule has 2 aromatic carbocycles. The summed E-state index contributed by atoms with van der Waals surface area (Å²) in [6, 6.07) is 13.3. The van der Waals surface area contributed by atoms with Crippen molar-refractivity contribution in [3.63, 3.8) is 0 Å². The summed E-state index contributed by atoms with van der Waals surface area (Å²) in [5.74, 6) is 1.10. The van der Waals surface area contributed by atoms with E-state index in [1.54, 1.807) is 36.4 Å². The zero-order valence-electron chi connectivity index (χ0n) is 21.4. The molecule has 2 aromatic heterocycles. The molecule has 0 atom stereocenters. The fourth-order valence-corrected chi connectivity index (χ4v) is 4.70. The molecule has 0 radical (unpaired) electrons. The van der Waals surface area contributed by atoms with Gasteiger partial charge in [0.25, 0.3) is 5.56 Å². The van der Waals surface area contributed by atoms with E-state index in [2.05, 4.69) is 9.71 Å². The maximum Gasteiger partial charge on any atom is 0.344 e. The van der Waals surface area contributed by atoms with Crippen LogP contribution in [0.4, 0.5) is 5.69 Å². The van der Waals surface area contributed by atoms with Gasteiger partial charge in [-0.3, -0.25) is 14.5 Å². The van der Waals surface area contributed by atoms with Gasteiger partial charge in [-0.15, -0.1) is 0 Å². The Morgan fingerprint density at radius 3 is 2.24 bits per heavy atom. The van der Waals surface area contributed by atoms with Gasteiger partial charge in [-0.1, -0.05) is 26.8 Å². The predicted molar refractivity (Wildman–Crippen MR) is 144 cm³/mol. The molecule has 37 heavy (non-hydrogen) atoms. The van der Waals surface area contributed by atoms with Crippen molar-refractivity contribution in [2.45, 2.75) is 26.2 Å². The molecule has 0 saturated carbocycles. The lowest BCUT2D eigenvalue weighted by molar-refractivity contribution is 0.396. The molecular formula is C27H28N2O7S. The number of fused-ring (bicyclic) bond motifs is 1. The number of rotatable bonds is 6. The fraction of sp³-hybridized carbons (Fsp3) is 0.259. The zero-order valence-corrected chi connectivity index (χ0v) is 22.2. The molecular weight excluding hydrogens is 496 g/mol. The molecule has 0 spiro atoms. The third-order valence-electron chi connectivity index (χ3n) is 5.85. The number of sulfonamides is 1. The number of hydrogen-bond donors (Lipinski definition) is 2. The van der Waals surface area contributed by atoms with Crippen LogP contribution in [0.25, 0.3) is 33.2 Å². The lowest BCUT2D eigenvalue weighted by Gasteiger charge is -2.25. The second kappa shape index (κ2) is 9.44. The number of pyridine rings is 1. The quantitative estimate of drug-likeness (QED) is 0.380. The van der Waals surface area contributed by atoms with E-state index < -0.39 is 15.6 Å². The molecule has 0 aliphatic heterocycles. The van der Waals surface area contributed by atoms with E-state index in [-0.39, 0.29) is 27.8 Å². The van der Waals surface area contributed by atoms with Gasteiger partial charge in [-0.25, -0.2) is 13.2 Å². The van der Waals surface area contributed by atoms with E-state index in [0.29, 0.717) is 33.7 Å². The van der Waals surface area contributed by atoms with Gasteiger partial charge in [0, 0.05) is 16.8 Å². The highest BCUT2D eigenvalue weighted by Crippen LogP contribution is 2.42. The van der Waals surface area contributed by atoms with Crippen LogP contribution in [0.3, 0.4) is 0 Å². The second-order valence-corrected chi connectivity index (χ2v) is 11.4. The van der Waals surface area contributed by atoms with Crippen LogP contribution in [0.1, 0.15) is 26.3 Å². The molecule has 0 fully saturated rings. The lowest BCUT2D eigenvalue weighted by atomic mass is 9.82. The molecule has 4 rings (SSSR count). The summed E-state index contributed by atoms with van der Waals surface area (Å²) >= 11 is 0. The van der Waals surface area contributed by atoms with Crippen molar-refractivity contribution < 1.29 is 22.3 Å². The van der Waals surface area contributed by atoms with Gasteiger partial charge in [-0.2, -0.15) is 0 Å². The second-order valence-electron chi connectivity index (χ2n) is 9.70. The maximum atomic E-state index is 13.0. The Morgan fingerprint density at radius 2 is 1.65 bits per heavy atom. The van der Waals surface area contributed by atoms with Crippen LogP contribution in [0, 0.1) is 0 Å². The Balaban J connectivity index is 1.98. The van der Waals surface area contributed by atoms with Gasteiger partial charge in [0.05, 0.1) is 31.4 Å². The van der Waals surface area contributed by atoms with E-state index in [4.69, 9.17) is 13.9 Å². The molecule has 0 saturated heterocycles. The van der Waals surface area contributed by atoms with Crippen LogP contribution < -0.4 is 25.4 Å². The maximum absolute atomic E-state index is 13.0. The Morgan fingerprint density at radius 1 is 0.919 bits per heavy atom. The minimum absolute atomic E-state index is 0.218. The van der Waals surface area contributed by atoms with Gasteiger partial charge >= 0.3 is 5.63 Å². The summed E-state index contributed by atoms with van der Waals surface area (Å²) in [5, 5.41) is 0.771. The van der Waals surface area contributed by atoms with Crippen LogP contribution in [0.15, 0.2) is 62.5 Å². The Hall–Kier alpha value is -4.05. The van der Waals surface area contributed by atoms with E-state index in [1.807, 2.05) is 26.8 Å². The van der Waals surface area contributed by atoms with Crippen molar-refractivity contribution >= 4 is 26.5 Å². The fourth-order valence-electron chi connectivity index (χ4n) is 4.14. The largest absolute Gasteiger partial charge is 0.496 e. The third kappa shape index (κ3) is 5.39. The first-order valence-electron chi connectivity index (χ1n) is 11.4. The Kier molecular flexibility index (Phi) is 6.64. The highest BCUT2D eigenvalue weighted by molar-refractivity contribution is 7.92. The number of methoxy groups -OCH3 is 2. The minimum atomic E-state index is -3.51. The number of nitrogens with one attached hydrogen (secondary N) is 2. The molecule has 0 unspecified atom stereocenters. The monoisotopic (exact) mass is 524 g/mol. The first-order chi connectivity index (χ1) is 17.3. The van der Waals surface area contributed by atoms with E-state index in [9.17, 15) is 18.0 Å². The zero-order chi connectivity index (χ0) is 27.1. The average Bonchev–Trinajstić information content (AvgIpc) is 2.81. The summed E-state index contributed by atoms with van der Waals surface area (Å²) < 4.78 is 42.2. The molecule has 0 amide bonds. The summed E-state index contributed by atoms with van der Waals surface area (Å²) in [6.07, 6.45) is 1.03. The summed E-state index contributed by atoms with van der Waals surface area (Å²) in [6.45, 7) is 6.05. The SMILES string of the molecule is COc1ccc(-c2cc(-c3cc4ccc(NS(C)(=O)=O)cc4c(=O)o3)c(OC)c(C(C)(C)C)c2)c(=O)[nH]1. The van der Waals surface area contributed by atoms with E-state index in [0.717, 1.165) is 11.8 Å². The number of anilines is 1. The van der Waals surface area contributed by atoms with Gasteiger partial charge < -0.3 is 13.9 Å². The molecule has 0 bridgehead atoms. The molecule has 0 aliphatic carbocycles. The van der Waals surface area contributed by atoms with E-state index >= 15 is 0 Å². The molecule has 9 nitrogen and oxygen atoms in total. The molecule has 10 heteroatoms. The molecule has 2 heterocycles. The van der Waals surface area contributed by atoms with Crippen molar-refractivity contribution in [1.29, 1.82) is 0 Å². The van der Waals surface area contributed by atoms with Gasteiger partial charge in [-0.05, 0) is 58.8 Å². The van der Waals surface area contributed by atoms with Crippen molar-refractivity contribution in [2.24, 2.45) is 0 Å². The molecule has 0 aliphatic rings. The molecule has 194 valence electrons. The first kappa shape index (κ1) is 26.0.